The molecule has 4 rings (SSSR count). The summed E-state index contributed by atoms with van der Waals surface area (Å²) in [5.41, 5.74) is 0.137. The highest BCUT2D eigenvalue weighted by Gasteiger charge is 2.19. The minimum atomic E-state index is -1.33. The Hall–Kier alpha value is -3.70. The molecule has 4 aromatic carbocycles. The molecule has 0 heterocycles. The Morgan fingerprint density at radius 3 is 2.02 bits per heavy atom. The molecule has 0 aromatic heterocycles. The summed E-state index contributed by atoms with van der Waals surface area (Å²) >= 11 is 1.87. The zero-order chi connectivity index (χ0) is 29.9. The van der Waals surface area contributed by atoms with E-state index in [1.807, 2.05) is 0 Å². The second-order valence-electron chi connectivity index (χ2n) is 7.50. The van der Waals surface area contributed by atoms with Crippen LogP contribution in [0.2, 0.25) is 0 Å². The van der Waals surface area contributed by atoms with Gasteiger partial charge in [-0.25, -0.2) is 20.6 Å². The summed E-state index contributed by atoms with van der Waals surface area (Å²) < 4.78 is 13.3. The number of rotatable bonds is 14. The molecular formula is C23H16N4O12S3. The number of aromatic carboxylic acids is 1. The van der Waals surface area contributed by atoms with E-state index in [2.05, 4.69) is 48.6 Å². The first-order valence-corrected chi connectivity index (χ1v) is 13.2. The quantitative estimate of drug-likeness (QED) is 0.0379. The van der Waals surface area contributed by atoms with Gasteiger partial charge in [0.05, 0.1) is 62.9 Å². The number of hydrogen-bond acceptors (Lipinski definition) is 18. The topological polar surface area (TPSA) is 223 Å². The van der Waals surface area contributed by atoms with E-state index in [0.29, 0.717) is 45.0 Å². The van der Waals surface area contributed by atoms with Gasteiger partial charge in [0.15, 0.2) is 5.75 Å². The molecule has 0 aliphatic rings. The van der Waals surface area contributed by atoms with Crippen molar-refractivity contribution in [1.29, 1.82) is 0 Å². The molecule has 4 aromatic rings. The Kier molecular flexibility index (Phi) is 11.5. The third-order valence-electron chi connectivity index (χ3n) is 5.09. The lowest BCUT2D eigenvalue weighted by Gasteiger charge is -2.11. The molecule has 0 fully saturated rings. The molecule has 0 aliphatic carbocycles. The second kappa shape index (κ2) is 15.5. The van der Waals surface area contributed by atoms with Crippen molar-refractivity contribution in [2.24, 2.45) is 20.5 Å². The fraction of sp³-hybridized carbons (Fsp3) is 0. The van der Waals surface area contributed by atoms with E-state index in [0.717, 1.165) is 12.0 Å². The van der Waals surface area contributed by atoms with E-state index in [4.69, 9.17) is 15.8 Å². The van der Waals surface area contributed by atoms with Gasteiger partial charge in [-0.3, -0.25) is 0 Å². The molecule has 0 unspecified atom stereocenters. The van der Waals surface area contributed by atoms with Gasteiger partial charge in [-0.15, -0.1) is 23.2 Å². The number of phenolic OH excluding ortho intramolecular Hbond substituents is 1. The number of hydrogen-bond donors (Lipinski definition) is 5. The van der Waals surface area contributed by atoms with Crippen LogP contribution in [0.15, 0.2) is 102 Å². The van der Waals surface area contributed by atoms with Crippen LogP contribution in [0.3, 0.4) is 0 Å². The van der Waals surface area contributed by atoms with Crippen LogP contribution in [-0.4, -0.2) is 32.0 Å². The van der Waals surface area contributed by atoms with Gasteiger partial charge in [0.25, 0.3) is 0 Å². The average molecular weight is 637 g/mol. The largest absolute Gasteiger partial charge is 0.505 e. The third-order valence-corrected chi connectivity index (χ3v) is 6.96. The maximum Gasteiger partial charge on any atom is 0.338 e. The van der Waals surface area contributed by atoms with Gasteiger partial charge in [0.1, 0.15) is 11.4 Å². The molecule has 0 aliphatic heterocycles. The van der Waals surface area contributed by atoms with Gasteiger partial charge >= 0.3 is 5.97 Å². The van der Waals surface area contributed by atoms with Crippen LogP contribution in [0, 0.1) is 0 Å². The van der Waals surface area contributed by atoms with Crippen LogP contribution in [0.1, 0.15) is 10.4 Å². The van der Waals surface area contributed by atoms with Gasteiger partial charge in [0.2, 0.25) is 0 Å². The van der Waals surface area contributed by atoms with Crippen molar-refractivity contribution in [3.63, 3.8) is 0 Å². The lowest BCUT2D eigenvalue weighted by molar-refractivity contribution is -0.432. The molecule has 42 heavy (non-hydrogen) atoms. The summed E-state index contributed by atoms with van der Waals surface area (Å²) in [5, 5.41) is 73.9. The minimum Gasteiger partial charge on any atom is -0.505 e. The Morgan fingerprint density at radius 1 is 0.690 bits per heavy atom. The standard InChI is InChI=1S/C23H16N4O12S3/c28-22-20-12(2-1-3-18(20)41-38-35-32)10-19(42-39-36-33)21(22)27-26-17-9-6-14(11-16(17)23(29)30)25-24-13-4-7-15(8-5-13)40-37-34-31/h1-11,28,31-33H,(H,29,30). The molecule has 0 saturated heterocycles. The first-order valence-electron chi connectivity index (χ1n) is 11.0. The lowest BCUT2D eigenvalue weighted by Crippen LogP contribution is -1.96. The molecule has 0 atom stereocenters. The molecule has 5 N–H and O–H groups in total. The fourth-order valence-electron chi connectivity index (χ4n) is 3.39. The van der Waals surface area contributed by atoms with Gasteiger partial charge in [-0.2, -0.15) is 10.2 Å². The van der Waals surface area contributed by atoms with Gasteiger partial charge in [0, 0.05) is 10.3 Å². The highest BCUT2D eigenvalue weighted by atomic mass is 32.2. The molecule has 0 amide bonds. The van der Waals surface area contributed by atoms with Crippen LogP contribution in [0.25, 0.3) is 10.8 Å². The minimum absolute atomic E-state index is 0.0802. The summed E-state index contributed by atoms with van der Waals surface area (Å²) in [6.45, 7) is 0. The van der Waals surface area contributed by atoms with Crippen molar-refractivity contribution < 1.29 is 58.9 Å². The van der Waals surface area contributed by atoms with Crippen molar-refractivity contribution in [3.05, 3.63) is 72.3 Å². The third kappa shape index (κ3) is 7.98. The Balaban J connectivity index is 1.66. The van der Waals surface area contributed by atoms with E-state index in [9.17, 15) is 15.0 Å². The molecule has 218 valence electrons. The number of phenols is 1. The van der Waals surface area contributed by atoms with Crippen molar-refractivity contribution in [2.45, 2.75) is 14.7 Å². The number of carboxylic acid groups (broad SMARTS) is 1. The van der Waals surface area contributed by atoms with Crippen molar-refractivity contribution in [2.75, 3.05) is 0 Å². The fourth-order valence-corrected chi connectivity index (χ4v) is 4.77. The molecular weight excluding hydrogens is 620 g/mol. The number of azo groups is 2. The number of benzene rings is 4. The van der Waals surface area contributed by atoms with Crippen LogP contribution in [0.4, 0.5) is 22.7 Å². The maximum absolute atomic E-state index is 12.0. The molecule has 19 heteroatoms. The second-order valence-corrected chi connectivity index (χ2v) is 9.76. The average Bonchev–Trinajstić information content (AvgIpc) is 3.00. The van der Waals surface area contributed by atoms with Gasteiger partial charge in [-0.05, 0) is 60.0 Å². The van der Waals surface area contributed by atoms with Crippen LogP contribution < -0.4 is 0 Å². The van der Waals surface area contributed by atoms with Crippen molar-refractivity contribution >= 4 is 75.6 Å². The summed E-state index contributed by atoms with van der Waals surface area (Å²) in [6, 6.07) is 16.9. The molecule has 0 bridgehead atoms. The summed E-state index contributed by atoms with van der Waals surface area (Å²) in [5.74, 6) is -1.74. The van der Waals surface area contributed by atoms with E-state index in [1.165, 1.54) is 24.3 Å². The predicted octanol–water partition coefficient (Wildman–Crippen LogP) is 8.36. The maximum atomic E-state index is 12.0. The summed E-state index contributed by atoms with van der Waals surface area (Å²) in [4.78, 5) is 13.1. The molecule has 0 saturated carbocycles. The van der Waals surface area contributed by atoms with Gasteiger partial charge < -0.3 is 10.2 Å². The van der Waals surface area contributed by atoms with Crippen LogP contribution in [0.5, 0.6) is 5.75 Å². The van der Waals surface area contributed by atoms with E-state index in [-0.39, 0.29) is 32.9 Å². The van der Waals surface area contributed by atoms with Crippen LogP contribution >= 0.6 is 36.1 Å². The zero-order valence-electron chi connectivity index (χ0n) is 20.5. The Morgan fingerprint density at radius 2 is 1.33 bits per heavy atom. The predicted molar refractivity (Wildman–Crippen MR) is 146 cm³/mol. The SMILES string of the molecule is O=C(O)c1cc(N=Nc2ccc(SOOO)cc2)ccc1N=Nc1c(SOOO)cc2cccc(SOOO)c2c1O. The summed E-state index contributed by atoms with van der Waals surface area (Å²) in [6.07, 6.45) is 0. The van der Waals surface area contributed by atoms with E-state index < -0.39 is 11.7 Å². The molecule has 0 spiro atoms. The van der Waals surface area contributed by atoms with E-state index >= 15 is 0 Å². The Bertz CT molecular complexity index is 1610. The Labute approximate surface area is 247 Å². The molecule has 16 nitrogen and oxygen atoms in total. The zero-order valence-corrected chi connectivity index (χ0v) is 22.9. The highest BCUT2D eigenvalue weighted by Crippen LogP contribution is 2.47. The van der Waals surface area contributed by atoms with Crippen molar-refractivity contribution in [3.8, 4) is 5.75 Å². The lowest BCUT2D eigenvalue weighted by atomic mass is 10.1. The normalized spacial score (nSPS) is 11.7. The molecule has 0 radical (unpaired) electrons. The first kappa shape index (κ1) is 31.2. The monoisotopic (exact) mass is 636 g/mol. The number of carboxylic acids is 1. The van der Waals surface area contributed by atoms with Crippen LogP contribution in [-0.2, 0) is 28.1 Å². The van der Waals surface area contributed by atoms with Crippen molar-refractivity contribution in [1.82, 2.24) is 0 Å². The van der Waals surface area contributed by atoms with E-state index in [1.54, 1.807) is 42.5 Å². The number of carbonyl (C=O) groups is 1. The van der Waals surface area contributed by atoms with Gasteiger partial charge in [-0.1, -0.05) is 27.2 Å². The number of aromatic hydroxyl groups is 1. The smallest absolute Gasteiger partial charge is 0.338 e. The number of nitrogens with zero attached hydrogens (tertiary/aromatic N) is 4. The first-order chi connectivity index (χ1) is 20.4. The summed E-state index contributed by atoms with van der Waals surface area (Å²) in [7, 11) is 0. The number of fused-ring (bicyclic) bond motifs is 1. The highest BCUT2D eigenvalue weighted by molar-refractivity contribution is 7.95.